The maximum Gasteiger partial charge on any atom is 0.325 e. The number of carbonyl (C=O) groups excluding carboxylic acids is 2. The molecule has 0 aromatic carbocycles. The molecule has 4 nitrogen and oxygen atoms in total. The lowest BCUT2D eigenvalue weighted by molar-refractivity contribution is -0.141. The molecular formula is C11H23NO3. The normalized spacial score (nSPS) is 9.33. The van der Waals surface area contributed by atoms with E-state index < -0.39 is 5.97 Å². The minimum absolute atomic E-state index is 0.0481. The molecule has 1 N–H and O–H groups in total. The van der Waals surface area contributed by atoms with E-state index in [1.165, 1.54) is 7.11 Å². The van der Waals surface area contributed by atoms with Crippen LogP contribution in [0.1, 0.15) is 34.6 Å². The SMILES string of the molecule is CC(C)C.COC(=O)CNC(=O)C(C)C. The summed E-state index contributed by atoms with van der Waals surface area (Å²) in [4.78, 5) is 21.3. The van der Waals surface area contributed by atoms with Gasteiger partial charge in [-0.2, -0.15) is 0 Å². The van der Waals surface area contributed by atoms with Crippen molar-refractivity contribution in [1.82, 2.24) is 5.32 Å². The zero-order valence-electron chi connectivity index (χ0n) is 10.6. The summed E-state index contributed by atoms with van der Waals surface area (Å²) >= 11 is 0. The smallest absolute Gasteiger partial charge is 0.325 e. The van der Waals surface area contributed by atoms with Crippen LogP contribution in [0.4, 0.5) is 0 Å². The van der Waals surface area contributed by atoms with Gasteiger partial charge in [0, 0.05) is 5.92 Å². The fourth-order valence-electron chi connectivity index (χ4n) is 0.436. The number of hydrogen-bond donors (Lipinski definition) is 1. The van der Waals surface area contributed by atoms with Crippen LogP contribution < -0.4 is 5.32 Å². The summed E-state index contributed by atoms with van der Waals surface area (Å²) in [5.74, 6) is 0.161. The topological polar surface area (TPSA) is 55.4 Å². The zero-order valence-corrected chi connectivity index (χ0v) is 10.6. The first-order valence-corrected chi connectivity index (χ1v) is 5.15. The molecule has 0 rings (SSSR count). The second-order valence-electron chi connectivity index (χ2n) is 4.18. The van der Waals surface area contributed by atoms with Gasteiger partial charge < -0.3 is 10.1 Å². The van der Waals surface area contributed by atoms with E-state index in [9.17, 15) is 9.59 Å². The zero-order chi connectivity index (χ0) is 12.4. The number of nitrogens with one attached hydrogen (secondary N) is 1. The highest BCUT2D eigenvalue weighted by molar-refractivity contribution is 5.82. The van der Waals surface area contributed by atoms with Gasteiger partial charge >= 0.3 is 5.97 Å². The highest BCUT2D eigenvalue weighted by atomic mass is 16.5. The number of amides is 1. The van der Waals surface area contributed by atoms with Gasteiger partial charge in [-0.3, -0.25) is 9.59 Å². The standard InChI is InChI=1S/C7H13NO3.C4H10/c1-5(2)7(10)8-4-6(9)11-3;1-4(2)3/h5H,4H2,1-3H3,(H,8,10);4H,1-3H3. The number of carbonyl (C=O) groups is 2. The molecule has 0 aliphatic heterocycles. The van der Waals surface area contributed by atoms with Gasteiger partial charge in [0.2, 0.25) is 5.91 Å². The maximum absolute atomic E-state index is 10.8. The summed E-state index contributed by atoms with van der Waals surface area (Å²) in [6, 6.07) is 0. The molecular weight excluding hydrogens is 194 g/mol. The van der Waals surface area contributed by atoms with Gasteiger partial charge in [0.05, 0.1) is 7.11 Å². The Hall–Kier alpha value is -1.06. The van der Waals surface area contributed by atoms with Crippen molar-refractivity contribution in [3.05, 3.63) is 0 Å². The summed E-state index contributed by atoms with van der Waals surface area (Å²) in [5.41, 5.74) is 0. The summed E-state index contributed by atoms with van der Waals surface area (Å²) in [7, 11) is 1.28. The van der Waals surface area contributed by atoms with E-state index in [2.05, 4.69) is 30.8 Å². The lowest BCUT2D eigenvalue weighted by atomic mass is 10.2. The largest absolute Gasteiger partial charge is 0.468 e. The van der Waals surface area contributed by atoms with Crippen LogP contribution in [-0.2, 0) is 14.3 Å². The van der Waals surface area contributed by atoms with E-state index in [0.29, 0.717) is 0 Å². The third kappa shape index (κ3) is 15.7. The van der Waals surface area contributed by atoms with Crippen LogP contribution in [0.25, 0.3) is 0 Å². The van der Waals surface area contributed by atoms with Crippen LogP contribution in [-0.4, -0.2) is 25.5 Å². The molecule has 0 aromatic heterocycles. The first-order valence-electron chi connectivity index (χ1n) is 5.15. The van der Waals surface area contributed by atoms with E-state index >= 15 is 0 Å². The van der Waals surface area contributed by atoms with Crippen LogP contribution in [0.3, 0.4) is 0 Å². The Bertz CT molecular complexity index is 186. The molecule has 0 aliphatic carbocycles. The lowest BCUT2D eigenvalue weighted by Crippen LogP contribution is -2.33. The predicted molar refractivity (Wildman–Crippen MR) is 60.4 cm³/mol. The van der Waals surface area contributed by atoms with Crippen LogP contribution in [0.5, 0.6) is 0 Å². The molecule has 0 unspecified atom stereocenters. The molecule has 0 spiro atoms. The Kier molecular flexibility index (Phi) is 10.4. The van der Waals surface area contributed by atoms with E-state index in [1.54, 1.807) is 13.8 Å². The van der Waals surface area contributed by atoms with Crippen molar-refractivity contribution in [2.24, 2.45) is 11.8 Å². The fourth-order valence-corrected chi connectivity index (χ4v) is 0.436. The molecule has 0 saturated carbocycles. The summed E-state index contributed by atoms with van der Waals surface area (Å²) in [5, 5.41) is 2.42. The summed E-state index contributed by atoms with van der Waals surface area (Å²) in [6.07, 6.45) is 0. The fraction of sp³-hybridized carbons (Fsp3) is 0.818. The Morgan fingerprint density at radius 3 is 1.80 bits per heavy atom. The van der Waals surface area contributed by atoms with E-state index in [-0.39, 0.29) is 18.4 Å². The molecule has 0 aromatic rings. The Morgan fingerprint density at radius 1 is 1.13 bits per heavy atom. The molecule has 0 saturated heterocycles. The van der Waals surface area contributed by atoms with Crippen molar-refractivity contribution in [2.45, 2.75) is 34.6 Å². The van der Waals surface area contributed by atoms with Crippen LogP contribution in [0, 0.1) is 11.8 Å². The molecule has 0 fully saturated rings. The highest BCUT2D eigenvalue weighted by Crippen LogP contribution is 1.89. The summed E-state index contributed by atoms with van der Waals surface area (Å²) < 4.78 is 4.33. The average Bonchev–Trinajstić information content (AvgIpc) is 2.12. The molecule has 0 atom stereocenters. The van der Waals surface area contributed by atoms with Gasteiger partial charge in [0.25, 0.3) is 0 Å². The molecule has 0 heterocycles. The van der Waals surface area contributed by atoms with E-state index in [4.69, 9.17) is 0 Å². The van der Waals surface area contributed by atoms with Crippen molar-refractivity contribution in [1.29, 1.82) is 0 Å². The number of hydrogen-bond acceptors (Lipinski definition) is 3. The van der Waals surface area contributed by atoms with Crippen molar-refractivity contribution in [2.75, 3.05) is 13.7 Å². The van der Waals surface area contributed by atoms with Crippen molar-refractivity contribution < 1.29 is 14.3 Å². The van der Waals surface area contributed by atoms with Gasteiger partial charge in [0.15, 0.2) is 0 Å². The van der Waals surface area contributed by atoms with Gasteiger partial charge in [-0.05, 0) is 5.92 Å². The highest BCUT2D eigenvalue weighted by Gasteiger charge is 2.07. The van der Waals surface area contributed by atoms with Gasteiger partial charge in [-0.15, -0.1) is 0 Å². The van der Waals surface area contributed by atoms with E-state index in [0.717, 1.165) is 5.92 Å². The molecule has 90 valence electrons. The molecule has 0 radical (unpaired) electrons. The van der Waals surface area contributed by atoms with Crippen molar-refractivity contribution in [3.8, 4) is 0 Å². The maximum atomic E-state index is 10.8. The van der Waals surface area contributed by atoms with Gasteiger partial charge in [0.1, 0.15) is 6.54 Å². The van der Waals surface area contributed by atoms with Gasteiger partial charge in [-0.25, -0.2) is 0 Å². The van der Waals surface area contributed by atoms with E-state index in [1.807, 2.05) is 0 Å². The Labute approximate surface area is 92.4 Å². The first kappa shape index (κ1) is 16.4. The quantitative estimate of drug-likeness (QED) is 0.730. The second-order valence-corrected chi connectivity index (χ2v) is 4.18. The molecule has 0 bridgehead atoms. The van der Waals surface area contributed by atoms with Crippen molar-refractivity contribution >= 4 is 11.9 Å². The Balaban J connectivity index is 0. The lowest BCUT2D eigenvalue weighted by Gasteiger charge is -2.05. The molecule has 4 heteroatoms. The minimum atomic E-state index is -0.431. The summed E-state index contributed by atoms with van der Waals surface area (Å²) in [6.45, 7) is 9.97. The van der Waals surface area contributed by atoms with Gasteiger partial charge in [-0.1, -0.05) is 34.6 Å². The monoisotopic (exact) mass is 217 g/mol. The van der Waals surface area contributed by atoms with Crippen molar-refractivity contribution in [3.63, 3.8) is 0 Å². The minimum Gasteiger partial charge on any atom is -0.468 e. The number of ether oxygens (including phenoxy) is 1. The van der Waals surface area contributed by atoms with Crippen LogP contribution >= 0.6 is 0 Å². The average molecular weight is 217 g/mol. The number of rotatable bonds is 3. The molecule has 0 aliphatic rings. The second kappa shape index (κ2) is 9.49. The molecule has 1 amide bonds. The third-order valence-corrected chi connectivity index (χ3v) is 1.16. The van der Waals surface area contributed by atoms with Crippen LogP contribution in [0.2, 0.25) is 0 Å². The third-order valence-electron chi connectivity index (χ3n) is 1.16. The first-order chi connectivity index (χ1) is 6.81. The van der Waals surface area contributed by atoms with Crippen LogP contribution in [0.15, 0.2) is 0 Å². The predicted octanol–water partition coefficient (Wildman–Crippen LogP) is 1.59. The number of methoxy groups -OCH3 is 1. The Morgan fingerprint density at radius 2 is 1.53 bits per heavy atom. The number of esters is 1. The molecule has 15 heavy (non-hydrogen) atoms.